The molecule has 0 atom stereocenters. The first-order valence-corrected chi connectivity index (χ1v) is 5.63. The number of sulfone groups is 1. The minimum absolute atomic E-state index is 0. The van der Waals surface area contributed by atoms with Gasteiger partial charge in [0.25, 0.3) is 0 Å². The maximum absolute atomic E-state index is 11.3. The molecular weight excluding hydrogens is 259 g/mol. The van der Waals surface area contributed by atoms with Crippen molar-refractivity contribution in [3.05, 3.63) is 24.0 Å². The third kappa shape index (κ3) is 4.34. The molecule has 0 saturated carbocycles. The van der Waals surface area contributed by atoms with Gasteiger partial charge in [0.15, 0.2) is 9.84 Å². The van der Waals surface area contributed by atoms with Crippen LogP contribution in [0.4, 0.5) is 0 Å². The number of halogens is 2. The number of nitrogens with zero attached hydrogens (tertiary/aromatic N) is 1. The van der Waals surface area contributed by atoms with Crippen molar-refractivity contribution < 1.29 is 8.42 Å². The van der Waals surface area contributed by atoms with Crippen LogP contribution in [0.3, 0.4) is 0 Å². The van der Waals surface area contributed by atoms with Crippen LogP contribution >= 0.6 is 24.8 Å². The highest BCUT2D eigenvalue weighted by Crippen LogP contribution is 2.09. The lowest BCUT2D eigenvalue weighted by Gasteiger charge is -2.00. The summed E-state index contributed by atoms with van der Waals surface area (Å²) in [6.45, 7) is 1.93. The molecule has 1 aromatic rings. The smallest absolute Gasteiger partial charge is 0.179 e. The average molecular weight is 273 g/mol. The van der Waals surface area contributed by atoms with E-state index in [1.54, 1.807) is 13.0 Å². The molecule has 4 nitrogen and oxygen atoms in total. The third-order valence-electron chi connectivity index (χ3n) is 1.75. The average Bonchev–Trinajstić information content (AvgIpc) is 2.18. The van der Waals surface area contributed by atoms with E-state index in [0.29, 0.717) is 12.2 Å². The molecule has 0 bridgehead atoms. The molecule has 0 unspecified atom stereocenters. The molecule has 0 spiro atoms. The Morgan fingerprint density at radius 2 is 1.93 bits per heavy atom. The Balaban J connectivity index is 0. The quantitative estimate of drug-likeness (QED) is 0.897. The molecule has 0 amide bonds. The van der Waals surface area contributed by atoms with E-state index >= 15 is 0 Å². The fraction of sp³-hybridized carbons (Fsp3) is 0.375. The number of hydrogen-bond acceptors (Lipinski definition) is 4. The lowest BCUT2D eigenvalue weighted by atomic mass is 10.4. The van der Waals surface area contributed by atoms with Gasteiger partial charge < -0.3 is 5.73 Å². The molecule has 0 aromatic carbocycles. The second-order valence-corrected chi connectivity index (χ2v) is 4.87. The van der Waals surface area contributed by atoms with Gasteiger partial charge in [-0.25, -0.2) is 8.42 Å². The van der Waals surface area contributed by atoms with Crippen LogP contribution < -0.4 is 5.73 Å². The second kappa shape index (κ2) is 7.00. The number of pyridine rings is 1. The van der Waals surface area contributed by atoms with Crippen molar-refractivity contribution >= 4 is 34.7 Å². The first-order chi connectivity index (χ1) is 6.10. The molecule has 2 N–H and O–H groups in total. The Hall–Kier alpha value is -0.360. The summed E-state index contributed by atoms with van der Waals surface area (Å²) in [4.78, 5) is 4.16. The molecule has 1 heterocycles. The predicted octanol–water partition coefficient (Wildman–Crippen LogP) is 1.18. The zero-order valence-electron chi connectivity index (χ0n) is 8.21. The molecule has 0 radical (unpaired) electrons. The van der Waals surface area contributed by atoms with Crippen LogP contribution in [-0.4, -0.2) is 19.2 Å². The summed E-state index contributed by atoms with van der Waals surface area (Å²) >= 11 is 0. The van der Waals surface area contributed by atoms with Crippen molar-refractivity contribution in [1.82, 2.24) is 4.98 Å². The zero-order valence-corrected chi connectivity index (χ0v) is 10.7. The summed E-state index contributed by atoms with van der Waals surface area (Å²) in [6.07, 6.45) is 1.35. The van der Waals surface area contributed by atoms with E-state index in [-0.39, 0.29) is 35.5 Å². The van der Waals surface area contributed by atoms with Gasteiger partial charge in [-0.15, -0.1) is 24.8 Å². The SMILES string of the molecule is CCS(=O)(=O)c1ccc(CN)nc1.Cl.Cl. The zero-order chi connectivity index (χ0) is 9.90. The van der Waals surface area contributed by atoms with Crippen molar-refractivity contribution in [3.63, 3.8) is 0 Å². The maximum atomic E-state index is 11.3. The van der Waals surface area contributed by atoms with E-state index in [9.17, 15) is 8.42 Å². The normalized spacial score (nSPS) is 10.0. The Morgan fingerprint density at radius 1 is 1.33 bits per heavy atom. The standard InChI is InChI=1S/C8H12N2O2S.2ClH/c1-2-13(11,12)8-4-3-7(5-9)10-6-8;;/h3-4,6H,2,5,9H2,1H3;2*1H. The summed E-state index contributed by atoms with van der Waals surface area (Å²) in [7, 11) is -3.13. The van der Waals surface area contributed by atoms with Crippen LogP contribution in [0.5, 0.6) is 0 Å². The van der Waals surface area contributed by atoms with Gasteiger partial charge >= 0.3 is 0 Å². The maximum Gasteiger partial charge on any atom is 0.179 e. The number of rotatable bonds is 3. The summed E-state index contributed by atoms with van der Waals surface area (Å²) in [5.41, 5.74) is 6.02. The molecule has 15 heavy (non-hydrogen) atoms. The molecule has 0 fully saturated rings. The predicted molar refractivity (Wildman–Crippen MR) is 64.4 cm³/mol. The lowest BCUT2D eigenvalue weighted by molar-refractivity contribution is 0.596. The van der Waals surface area contributed by atoms with E-state index in [1.165, 1.54) is 12.3 Å². The highest BCUT2D eigenvalue weighted by atomic mass is 35.5. The van der Waals surface area contributed by atoms with Crippen LogP contribution in [0.15, 0.2) is 23.2 Å². The molecule has 0 saturated heterocycles. The monoisotopic (exact) mass is 272 g/mol. The van der Waals surface area contributed by atoms with E-state index in [2.05, 4.69) is 4.98 Å². The van der Waals surface area contributed by atoms with Gasteiger partial charge in [0, 0.05) is 12.7 Å². The topological polar surface area (TPSA) is 73.0 Å². The van der Waals surface area contributed by atoms with E-state index in [1.807, 2.05) is 0 Å². The minimum atomic E-state index is -3.13. The van der Waals surface area contributed by atoms with Crippen molar-refractivity contribution in [2.45, 2.75) is 18.4 Å². The van der Waals surface area contributed by atoms with Gasteiger partial charge in [-0.05, 0) is 12.1 Å². The van der Waals surface area contributed by atoms with Gasteiger partial charge in [-0.3, -0.25) is 4.98 Å². The fourth-order valence-corrected chi connectivity index (χ4v) is 1.70. The van der Waals surface area contributed by atoms with Gasteiger partial charge in [-0.1, -0.05) is 6.92 Å². The van der Waals surface area contributed by atoms with Crippen LogP contribution in [0.1, 0.15) is 12.6 Å². The van der Waals surface area contributed by atoms with Crippen LogP contribution in [0.25, 0.3) is 0 Å². The third-order valence-corrected chi connectivity index (χ3v) is 3.47. The van der Waals surface area contributed by atoms with Gasteiger partial charge in [0.2, 0.25) is 0 Å². The minimum Gasteiger partial charge on any atom is -0.325 e. The Bertz CT molecular complexity index is 378. The summed E-state index contributed by atoms with van der Waals surface area (Å²) < 4.78 is 22.7. The summed E-state index contributed by atoms with van der Waals surface area (Å²) in [5.74, 6) is 0.0939. The number of nitrogens with two attached hydrogens (primary N) is 1. The van der Waals surface area contributed by atoms with E-state index < -0.39 is 9.84 Å². The number of hydrogen-bond donors (Lipinski definition) is 1. The van der Waals surface area contributed by atoms with Crippen molar-refractivity contribution in [1.29, 1.82) is 0 Å². The Morgan fingerprint density at radius 3 is 2.27 bits per heavy atom. The molecule has 88 valence electrons. The molecule has 1 aromatic heterocycles. The highest BCUT2D eigenvalue weighted by molar-refractivity contribution is 7.91. The largest absolute Gasteiger partial charge is 0.325 e. The van der Waals surface area contributed by atoms with Gasteiger partial charge in [-0.2, -0.15) is 0 Å². The summed E-state index contributed by atoms with van der Waals surface area (Å²) in [6, 6.07) is 3.16. The molecule has 0 aliphatic carbocycles. The van der Waals surface area contributed by atoms with Crippen molar-refractivity contribution in [2.75, 3.05) is 5.75 Å². The van der Waals surface area contributed by atoms with Crippen LogP contribution in [0, 0.1) is 0 Å². The van der Waals surface area contributed by atoms with Crippen molar-refractivity contribution in [3.8, 4) is 0 Å². The lowest BCUT2D eigenvalue weighted by Crippen LogP contribution is -2.06. The molecular formula is C8H14Cl2N2O2S. The van der Waals surface area contributed by atoms with Crippen molar-refractivity contribution in [2.24, 2.45) is 5.73 Å². The van der Waals surface area contributed by atoms with Crippen LogP contribution in [0.2, 0.25) is 0 Å². The number of aromatic nitrogens is 1. The van der Waals surface area contributed by atoms with E-state index in [4.69, 9.17) is 5.73 Å². The molecule has 1 rings (SSSR count). The Kier molecular flexibility index (Phi) is 7.96. The first kappa shape index (κ1) is 17.0. The van der Waals surface area contributed by atoms with Crippen LogP contribution in [-0.2, 0) is 16.4 Å². The second-order valence-electron chi connectivity index (χ2n) is 2.59. The highest BCUT2D eigenvalue weighted by Gasteiger charge is 2.10. The first-order valence-electron chi connectivity index (χ1n) is 3.98. The molecule has 0 aliphatic rings. The fourth-order valence-electron chi connectivity index (χ4n) is 0.882. The summed E-state index contributed by atoms with van der Waals surface area (Å²) in [5, 5.41) is 0. The van der Waals surface area contributed by atoms with E-state index in [0.717, 1.165) is 0 Å². The molecule has 0 aliphatic heterocycles. The Labute approximate surface area is 102 Å². The van der Waals surface area contributed by atoms with Gasteiger partial charge in [0.1, 0.15) is 0 Å². The molecule has 7 heteroatoms. The van der Waals surface area contributed by atoms with Gasteiger partial charge in [0.05, 0.1) is 16.3 Å².